The Morgan fingerprint density at radius 2 is 1.96 bits per heavy atom. The molecule has 1 aromatic heterocycles. The lowest BCUT2D eigenvalue weighted by molar-refractivity contribution is -0.116. The van der Waals surface area contributed by atoms with Crippen LogP contribution in [0.4, 0.5) is 10.1 Å². The van der Waals surface area contributed by atoms with Crippen LogP contribution in [0.1, 0.15) is 17.7 Å². The molecule has 6 heteroatoms. The summed E-state index contributed by atoms with van der Waals surface area (Å²) in [5, 5.41) is 14.5. The molecule has 1 heterocycles. The van der Waals surface area contributed by atoms with Crippen LogP contribution in [0.25, 0.3) is 10.6 Å². The van der Waals surface area contributed by atoms with Crippen molar-refractivity contribution in [2.24, 2.45) is 0 Å². The molecule has 0 radical (unpaired) electrons. The van der Waals surface area contributed by atoms with Crippen molar-refractivity contribution < 1.29 is 9.18 Å². The molecule has 0 spiro atoms. The van der Waals surface area contributed by atoms with Gasteiger partial charge in [0.25, 0.3) is 0 Å². The van der Waals surface area contributed by atoms with Crippen LogP contribution in [0.2, 0.25) is 0 Å². The van der Waals surface area contributed by atoms with Crippen LogP contribution in [0.3, 0.4) is 0 Å². The maximum atomic E-state index is 13.0. The molecule has 0 saturated heterocycles. The zero-order chi connectivity index (χ0) is 17.6. The first-order valence-electron chi connectivity index (χ1n) is 7.65. The largest absolute Gasteiger partial charge is 0.325 e. The number of aryl methyl sites for hydroxylation is 1. The van der Waals surface area contributed by atoms with Gasteiger partial charge >= 0.3 is 0 Å². The minimum absolute atomic E-state index is 0.168. The second-order valence-corrected chi connectivity index (χ2v) is 6.21. The van der Waals surface area contributed by atoms with Crippen LogP contribution in [0.15, 0.2) is 53.9 Å². The Labute approximate surface area is 148 Å². The number of thiazole rings is 1. The van der Waals surface area contributed by atoms with Gasteiger partial charge in [0.2, 0.25) is 5.91 Å². The van der Waals surface area contributed by atoms with Crippen molar-refractivity contribution in [1.82, 2.24) is 4.98 Å². The van der Waals surface area contributed by atoms with E-state index in [0.717, 1.165) is 16.3 Å². The predicted molar refractivity (Wildman–Crippen MR) is 95.6 cm³/mol. The molecule has 2 aromatic carbocycles. The maximum absolute atomic E-state index is 13.0. The number of hydrogen-bond acceptors (Lipinski definition) is 4. The van der Waals surface area contributed by atoms with Crippen molar-refractivity contribution in [3.8, 4) is 16.6 Å². The van der Waals surface area contributed by atoms with E-state index in [1.165, 1.54) is 23.5 Å². The van der Waals surface area contributed by atoms with E-state index in [2.05, 4.69) is 10.3 Å². The Kier molecular flexibility index (Phi) is 5.17. The van der Waals surface area contributed by atoms with Gasteiger partial charge < -0.3 is 5.32 Å². The molecule has 25 heavy (non-hydrogen) atoms. The highest BCUT2D eigenvalue weighted by molar-refractivity contribution is 7.13. The van der Waals surface area contributed by atoms with Gasteiger partial charge in [-0.3, -0.25) is 4.79 Å². The number of rotatable bonds is 5. The first-order chi connectivity index (χ1) is 12.2. The summed E-state index contributed by atoms with van der Waals surface area (Å²) in [7, 11) is 0. The number of halogens is 1. The maximum Gasteiger partial charge on any atom is 0.224 e. The minimum Gasteiger partial charge on any atom is -0.325 e. The Morgan fingerprint density at radius 1 is 1.20 bits per heavy atom. The first kappa shape index (κ1) is 16.8. The Bertz CT molecular complexity index is 928. The number of nitrogens with zero attached hydrogens (tertiary/aromatic N) is 2. The molecule has 3 aromatic rings. The number of amides is 1. The second kappa shape index (κ2) is 7.69. The molecule has 1 N–H and O–H groups in total. The van der Waals surface area contributed by atoms with E-state index in [0.29, 0.717) is 17.7 Å². The van der Waals surface area contributed by atoms with Crippen LogP contribution in [0.5, 0.6) is 0 Å². The van der Waals surface area contributed by atoms with Crippen LogP contribution in [-0.2, 0) is 11.2 Å². The van der Waals surface area contributed by atoms with Gasteiger partial charge in [-0.25, -0.2) is 9.37 Å². The molecule has 0 saturated carbocycles. The molecule has 1 amide bonds. The molecule has 0 aliphatic carbocycles. The monoisotopic (exact) mass is 351 g/mol. The van der Waals surface area contributed by atoms with Gasteiger partial charge in [-0.05, 0) is 42.8 Å². The summed E-state index contributed by atoms with van der Waals surface area (Å²) in [6.07, 6.45) is 0.768. The van der Waals surface area contributed by atoms with Crippen molar-refractivity contribution in [3.05, 3.63) is 71.0 Å². The summed E-state index contributed by atoms with van der Waals surface area (Å²) in [6, 6.07) is 15.1. The van der Waals surface area contributed by atoms with Crippen molar-refractivity contribution >= 4 is 22.9 Å². The molecule has 3 rings (SSSR count). The van der Waals surface area contributed by atoms with Crippen LogP contribution >= 0.6 is 11.3 Å². The molecule has 0 bridgehead atoms. The third-order valence-corrected chi connectivity index (χ3v) is 4.51. The van der Waals surface area contributed by atoms with Crippen molar-refractivity contribution in [1.29, 1.82) is 5.26 Å². The van der Waals surface area contributed by atoms with Crippen molar-refractivity contribution in [2.75, 3.05) is 5.32 Å². The molecule has 0 atom stereocenters. The van der Waals surface area contributed by atoms with Gasteiger partial charge in [0.15, 0.2) is 0 Å². The Hall–Kier alpha value is -3.04. The number of anilines is 1. The molecule has 0 fully saturated rings. The number of benzene rings is 2. The number of nitrogens with one attached hydrogen (secondary N) is 1. The molecular formula is C19H14FN3OS. The summed E-state index contributed by atoms with van der Waals surface area (Å²) < 4.78 is 13.0. The summed E-state index contributed by atoms with van der Waals surface area (Å²) in [4.78, 5) is 16.6. The zero-order valence-corrected chi connectivity index (χ0v) is 14.0. The lowest BCUT2D eigenvalue weighted by atomic mass is 10.2. The van der Waals surface area contributed by atoms with Crippen LogP contribution in [-0.4, -0.2) is 10.9 Å². The fraction of sp³-hybridized carbons (Fsp3) is 0.105. The number of carbonyl (C=O) groups is 1. The zero-order valence-electron chi connectivity index (χ0n) is 13.2. The molecule has 4 nitrogen and oxygen atoms in total. The van der Waals surface area contributed by atoms with E-state index in [1.54, 1.807) is 36.4 Å². The highest BCUT2D eigenvalue weighted by atomic mass is 32.1. The fourth-order valence-corrected chi connectivity index (χ4v) is 3.15. The third-order valence-electron chi connectivity index (χ3n) is 3.57. The predicted octanol–water partition coefficient (Wildman–Crippen LogP) is 4.39. The SMILES string of the molecule is N#Cc1ccccc1NC(=O)CCc1csc(-c2ccc(F)cc2)n1. The number of carbonyl (C=O) groups excluding carboxylic acids is 1. The second-order valence-electron chi connectivity index (χ2n) is 5.36. The average molecular weight is 351 g/mol. The van der Waals surface area contributed by atoms with E-state index >= 15 is 0 Å². The molecular weight excluding hydrogens is 337 g/mol. The fourth-order valence-electron chi connectivity index (χ4n) is 2.29. The van der Waals surface area contributed by atoms with E-state index in [4.69, 9.17) is 5.26 Å². The molecule has 0 aliphatic heterocycles. The van der Waals surface area contributed by atoms with Crippen molar-refractivity contribution in [2.45, 2.75) is 12.8 Å². The first-order valence-corrected chi connectivity index (χ1v) is 8.53. The normalized spacial score (nSPS) is 10.2. The number of nitriles is 1. The smallest absolute Gasteiger partial charge is 0.224 e. The number of hydrogen-bond donors (Lipinski definition) is 1. The Morgan fingerprint density at radius 3 is 2.72 bits per heavy atom. The van der Waals surface area contributed by atoms with Crippen LogP contribution in [0, 0.1) is 17.1 Å². The highest BCUT2D eigenvalue weighted by Gasteiger charge is 2.09. The van der Waals surface area contributed by atoms with Gasteiger partial charge in [0.05, 0.1) is 16.9 Å². The molecule has 0 aliphatic rings. The highest BCUT2D eigenvalue weighted by Crippen LogP contribution is 2.24. The summed E-state index contributed by atoms with van der Waals surface area (Å²) in [5.74, 6) is -0.450. The van der Waals surface area contributed by atoms with E-state index < -0.39 is 0 Å². The Balaban J connectivity index is 1.59. The van der Waals surface area contributed by atoms with Gasteiger partial charge in [-0.15, -0.1) is 11.3 Å². The third kappa shape index (κ3) is 4.28. The van der Waals surface area contributed by atoms with Gasteiger partial charge in [-0.1, -0.05) is 12.1 Å². The number of para-hydroxylation sites is 1. The quantitative estimate of drug-likeness (QED) is 0.741. The molecule has 0 unspecified atom stereocenters. The summed E-state index contributed by atoms with van der Waals surface area (Å²) in [6.45, 7) is 0. The van der Waals surface area contributed by atoms with Crippen LogP contribution < -0.4 is 5.32 Å². The van der Waals surface area contributed by atoms with E-state index in [1.807, 2.05) is 11.4 Å². The minimum atomic E-state index is -0.283. The standard InChI is InChI=1S/C19H14FN3OS/c20-15-7-5-13(6-8-15)19-22-16(12-25-19)9-10-18(24)23-17-4-2-1-3-14(17)11-21/h1-8,12H,9-10H2,(H,23,24). The van der Waals surface area contributed by atoms with E-state index in [9.17, 15) is 9.18 Å². The van der Waals surface area contributed by atoms with Gasteiger partial charge in [-0.2, -0.15) is 5.26 Å². The summed E-state index contributed by atoms with van der Waals surface area (Å²) >= 11 is 1.46. The summed E-state index contributed by atoms with van der Waals surface area (Å²) in [5.41, 5.74) is 2.61. The molecule has 124 valence electrons. The van der Waals surface area contributed by atoms with Gasteiger partial charge in [0, 0.05) is 17.4 Å². The van der Waals surface area contributed by atoms with Gasteiger partial charge in [0.1, 0.15) is 16.9 Å². The lowest BCUT2D eigenvalue weighted by Gasteiger charge is -2.05. The topological polar surface area (TPSA) is 65.8 Å². The van der Waals surface area contributed by atoms with E-state index in [-0.39, 0.29) is 18.1 Å². The number of aromatic nitrogens is 1. The van der Waals surface area contributed by atoms with Crippen molar-refractivity contribution in [3.63, 3.8) is 0 Å². The average Bonchev–Trinajstić information content (AvgIpc) is 3.10. The lowest BCUT2D eigenvalue weighted by Crippen LogP contribution is -2.13.